The summed E-state index contributed by atoms with van der Waals surface area (Å²) in [5.41, 5.74) is 14.7. The van der Waals surface area contributed by atoms with E-state index in [1.54, 1.807) is 12.1 Å². The van der Waals surface area contributed by atoms with Crippen LogP contribution >= 0.6 is 0 Å². The van der Waals surface area contributed by atoms with Crippen LogP contribution in [0.25, 0.3) is 0 Å². The highest BCUT2D eigenvalue weighted by Gasteiger charge is 2.31. The summed E-state index contributed by atoms with van der Waals surface area (Å²) in [6, 6.07) is 7.44. The number of hydrazine groups is 1. The molecule has 9 heteroatoms. The number of furan rings is 1. The van der Waals surface area contributed by atoms with E-state index in [0.717, 1.165) is 37.0 Å². The van der Waals surface area contributed by atoms with Crippen LogP contribution in [-0.4, -0.2) is 20.9 Å². The van der Waals surface area contributed by atoms with Crippen molar-refractivity contribution >= 4 is 17.8 Å². The van der Waals surface area contributed by atoms with Gasteiger partial charge in [0.1, 0.15) is 11.6 Å². The highest BCUT2D eigenvalue weighted by molar-refractivity contribution is 5.92. The van der Waals surface area contributed by atoms with Crippen molar-refractivity contribution in [3.05, 3.63) is 52.5 Å². The molecule has 9 nitrogen and oxygen atoms in total. The van der Waals surface area contributed by atoms with Crippen molar-refractivity contribution in [3.8, 4) is 11.7 Å². The minimum Gasteiger partial charge on any atom is -0.426 e. The van der Waals surface area contributed by atoms with Crippen molar-refractivity contribution in [2.24, 2.45) is 0 Å². The second-order valence-corrected chi connectivity index (χ2v) is 9.11. The molecule has 5 rings (SSSR count). The van der Waals surface area contributed by atoms with E-state index < -0.39 is 5.91 Å². The van der Waals surface area contributed by atoms with Crippen molar-refractivity contribution in [2.75, 3.05) is 11.2 Å². The lowest BCUT2D eigenvalue weighted by molar-refractivity contribution is 0.0929. The van der Waals surface area contributed by atoms with Gasteiger partial charge in [-0.25, -0.2) is 0 Å². The maximum atomic E-state index is 12.5. The first-order valence-electron chi connectivity index (χ1n) is 10.8. The lowest BCUT2D eigenvalue weighted by Gasteiger charge is -2.20. The fourth-order valence-electron chi connectivity index (χ4n) is 4.05. The highest BCUT2D eigenvalue weighted by atomic mass is 16.6. The van der Waals surface area contributed by atoms with Gasteiger partial charge in [0.25, 0.3) is 5.95 Å². The Morgan fingerprint density at radius 1 is 1.25 bits per heavy atom. The number of benzene rings is 1. The number of hydrogen-bond acceptors (Lipinski definition) is 8. The first-order chi connectivity index (χ1) is 15.3. The number of carbonyl (C=O) groups excluding carboxylic acids is 1. The predicted molar refractivity (Wildman–Crippen MR) is 123 cm³/mol. The summed E-state index contributed by atoms with van der Waals surface area (Å²) < 4.78 is 11.6. The quantitative estimate of drug-likeness (QED) is 0.480. The van der Waals surface area contributed by atoms with Crippen LogP contribution in [0.15, 0.2) is 28.7 Å². The van der Waals surface area contributed by atoms with Gasteiger partial charge in [-0.05, 0) is 66.8 Å². The number of rotatable bonds is 6. The molecule has 2 heterocycles. The van der Waals surface area contributed by atoms with E-state index in [2.05, 4.69) is 51.8 Å². The molecule has 1 amide bonds. The second kappa shape index (κ2) is 7.51. The zero-order chi connectivity index (χ0) is 22.5. The van der Waals surface area contributed by atoms with Crippen molar-refractivity contribution in [1.82, 2.24) is 20.4 Å². The normalized spacial score (nSPS) is 16.5. The lowest BCUT2D eigenvalue weighted by atomic mass is 9.86. The lowest BCUT2D eigenvalue weighted by Crippen LogP contribution is -2.30. The Balaban J connectivity index is 0.00000162. The summed E-state index contributed by atoms with van der Waals surface area (Å²) >= 11 is 0. The van der Waals surface area contributed by atoms with Gasteiger partial charge in [0.05, 0.1) is 0 Å². The number of nitrogens with two attached hydrogens (primary N) is 1. The number of anilines is 2. The molecule has 0 radical (unpaired) electrons. The summed E-state index contributed by atoms with van der Waals surface area (Å²) in [7, 11) is 0. The SMILES string of the molecule is Cc1cc2c(cc1Oc1ccc(C(=O)NNc3nc(N)nc(C4CC4)n3)o1)C(C)(C)CC2.[HH].[HH]. The summed E-state index contributed by atoms with van der Waals surface area (Å²) in [6.07, 6.45) is 4.27. The van der Waals surface area contributed by atoms with E-state index in [9.17, 15) is 4.79 Å². The molecule has 0 aliphatic heterocycles. The fraction of sp³-hybridized carbons (Fsp3) is 0.391. The van der Waals surface area contributed by atoms with Gasteiger partial charge in [0, 0.05) is 14.8 Å². The van der Waals surface area contributed by atoms with E-state index in [0.29, 0.717) is 11.7 Å². The van der Waals surface area contributed by atoms with Gasteiger partial charge in [-0.2, -0.15) is 15.0 Å². The summed E-state index contributed by atoms with van der Waals surface area (Å²) in [5.74, 6) is 1.83. The number of hydrogen-bond donors (Lipinski definition) is 3. The minimum atomic E-state index is -0.487. The highest BCUT2D eigenvalue weighted by Crippen LogP contribution is 2.42. The van der Waals surface area contributed by atoms with Crippen molar-refractivity contribution in [1.29, 1.82) is 0 Å². The van der Waals surface area contributed by atoms with Crippen molar-refractivity contribution in [3.63, 3.8) is 0 Å². The number of amides is 1. The number of nitrogens with zero attached hydrogens (tertiary/aromatic N) is 3. The van der Waals surface area contributed by atoms with Gasteiger partial charge in [0.2, 0.25) is 11.9 Å². The Hall–Kier alpha value is -3.62. The average molecular weight is 439 g/mol. The number of fused-ring (bicyclic) bond motifs is 1. The van der Waals surface area contributed by atoms with Gasteiger partial charge in [0.15, 0.2) is 5.76 Å². The molecule has 0 atom stereocenters. The smallest absolute Gasteiger partial charge is 0.305 e. The number of carbonyl (C=O) groups is 1. The van der Waals surface area contributed by atoms with E-state index >= 15 is 0 Å². The standard InChI is InChI=1S/C23H26N6O3.2H2/c1-12-10-14-8-9-23(2,3)15(14)11-17(12)32-18-7-6-16(31-18)20(30)28-29-22-26-19(13-4-5-13)25-21(24)27-22;;/h6-7,10-11,13H,4-5,8-9H2,1-3H3,(H,28,30)(H3,24,25,26,27,29);2*1H. The minimum absolute atomic E-state index is 0. The van der Waals surface area contributed by atoms with E-state index in [1.165, 1.54) is 11.1 Å². The number of aryl methyl sites for hydroxylation is 2. The Labute approximate surface area is 188 Å². The molecule has 1 aromatic carbocycles. The van der Waals surface area contributed by atoms with E-state index in [4.69, 9.17) is 14.9 Å². The number of aromatic nitrogens is 3. The van der Waals surface area contributed by atoms with Crippen LogP contribution in [0.5, 0.6) is 11.7 Å². The number of ether oxygens (including phenoxy) is 1. The number of nitrogens with one attached hydrogen (secondary N) is 2. The molecular weight excluding hydrogens is 408 g/mol. The summed E-state index contributed by atoms with van der Waals surface area (Å²) in [6.45, 7) is 6.50. The molecule has 4 N–H and O–H groups in total. The van der Waals surface area contributed by atoms with Crippen LogP contribution in [0.1, 0.15) is 75.0 Å². The van der Waals surface area contributed by atoms with E-state index in [-0.39, 0.29) is 31.9 Å². The summed E-state index contributed by atoms with van der Waals surface area (Å²) in [4.78, 5) is 24.9. The van der Waals surface area contributed by atoms with Crippen LogP contribution in [0, 0.1) is 6.92 Å². The third-order valence-electron chi connectivity index (χ3n) is 6.07. The van der Waals surface area contributed by atoms with Crippen LogP contribution in [0.4, 0.5) is 11.9 Å². The predicted octanol–water partition coefficient (Wildman–Crippen LogP) is 4.50. The third-order valence-corrected chi connectivity index (χ3v) is 6.07. The molecule has 0 saturated heterocycles. The van der Waals surface area contributed by atoms with Crippen molar-refractivity contribution in [2.45, 2.75) is 57.8 Å². The molecule has 1 fully saturated rings. The third kappa shape index (κ3) is 3.98. The van der Waals surface area contributed by atoms with Crippen LogP contribution in [0.3, 0.4) is 0 Å². The molecule has 0 unspecified atom stereocenters. The Kier molecular flexibility index (Phi) is 4.76. The first-order valence-corrected chi connectivity index (χ1v) is 10.8. The van der Waals surface area contributed by atoms with Gasteiger partial charge in [-0.3, -0.25) is 15.6 Å². The monoisotopic (exact) mass is 438 g/mol. The molecule has 2 aromatic heterocycles. The first kappa shape index (κ1) is 20.3. The molecule has 170 valence electrons. The maximum absolute atomic E-state index is 12.5. The van der Waals surface area contributed by atoms with Crippen LogP contribution < -0.4 is 21.3 Å². The van der Waals surface area contributed by atoms with Gasteiger partial charge in [-0.1, -0.05) is 19.9 Å². The molecule has 2 aliphatic rings. The van der Waals surface area contributed by atoms with Gasteiger partial charge in [-0.15, -0.1) is 0 Å². The Morgan fingerprint density at radius 3 is 2.84 bits per heavy atom. The largest absolute Gasteiger partial charge is 0.426 e. The summed E-state index contributed by atoms with van der Waals surface area (Å²) in [5, 5.41) is 0. The molecule has 32 heavy (non-hydrogen) atoms. The molecule has 0 bridgehead atoms. The molecule has 0 spiro atoms. The maximum Gasteiger partial charge on any atom is 0.305 e. The fourth-order valence-corrected chi connectivity index (χ4v) is 4.05. The molecule has 2 aliphatic carbocycles. The Morgan fingerprint density at radius 2 is 2.06 bits per heavy atom. The van der Waals surface area contributed by atoms with E-state index in [1.807, 2.05) is 6.92 Å². The number of nitrogen functional groups attached to an aromatic ring is 1. The zero-order valence-electron chi connectivity index (χ0n) is 18.4. The van der Waals surface area contributed by atoms with Crippen molar-refractivity contribution < 1.29 is 16.8 Å². The molecule has 1 saturated carbocycles. The van der Waals surface area contributed by atoms with Crippen LogP contribution in [-0.2, 0) is 11.8 Å². The zero-order valence-corrected chi connectivity index (χ0v) is 18.4. The Bertz CT molecular complexity index is 1210. The second-order valence-electron chi connectivity index (χ2n) is 9.11. The van der Waals surface area contributed by atoms with Gasteiger partial charge < -0.3 is 14.9 Å². The average Bonchev–Trinajstić information content (AvgIpc) is 3.43. The topological polar surface area (TPSA) is 128 Å². The van der Waals surface area contributed by atoms with Crippen LogP contribution in [0.2, 0.25) is 0 Å². The molecular formula is C23H30N6O3. The van der Waals surface area contributed by atoms with Gasteiger partial charge >= 0.3 is 5.91 Å². The molecule has 3 aromatic rings.